The Morgan fingerprint density at radius 1 is 0.643 bits per heavy atom. The van der Waals surface area contributed by atoms with Crippen molar-refractivity contribution in [2.24, 2.45) is 5.92 Å². The van der Waals surface area contributed by atoms with Gasteiger partial charge in [-0.25, -0.2) is 0 Å². The molecule has 0 aliphatic heterocycles. The molecule has 0 radical (unpaired) electrons. The second kappa shape index (κ2) is 15.9. The highest BCUT2D eigenvalue weighted by molar-refractivity contribution is 7.58. The molecule has 2 atom stereocenters. The summed E-state index contributed by atoms with van der Waals surface area (Å²) in [6.45, 7) is 2.37. The number of esters is 2. The van der Waals surface area contributed by atoms with Gasteiger partial charge in [0, 0.05) is 18.7 Å². The topological polar surface area (TPSA) is 78.9 Å². The normalized spacial score (nSPS) is 13.1. The average molecular weight is 585 g/mol. The minimum absolute atomic E-state index is 0.0127. The predicted molar refractivity (Wildman–Crippen MR) is 164 cm³/mol. The number of hydrogen-bond donors (Lipinski definition) is 0. The first-order valence-corrected chi connectivity index (χ1v) is 16.1. The van der Waals surface area contributed by atoms with Gasteiger partial charge >= 0.3 is 11.9 Å². The molecule has 42 heavy (non-hydrogen) atoms. The van der Waals surface area contributed by atoms with Gasteiger partial charge in [0.2, 0.25) is 7.37 Å². The maximum atomic E-state index is 14.4. The van der Waals surface area contributed by atoms with Crippen molar-refractivity contribution in [1.29, 1.82) is 0 Å². The molecule has 0 aliphatic carbocycles. The number of benzene rings is 4. The lowest BCUT2D eigenvalue weighted by Crippen LogP contribution is -2.24. The van der Waals surface area contributed by atoms with Crippen LogP contribution in [-0.2, 0) is 54.1 Å². The van der Waals surface area contributed by atoms with Crippen molar-refractivity contribution in [3.63, 3.8) is 0 Å². The molecule has 0 fully saturated rings. The third-order valence-electron chi connectivity index (χ3n) is 6.85. The van der Waals surface area contributed by atoms with E-state index in [0.29, 0.717) is 0 Å². The molecular formula is C35H37O6P. The Labute approximate surface area is 248 Å². The van der Waals surface area contributed by atoms with Crippen molar-refractivity contribution in [2.75, 3.05) is 6.16 Å². The van der Waals surface area contributed by atoms with E-state index in [-0.39, 0.29) is 45.0 Å². The number of aryl methyl sites for hydroxylation is 1. The minimum Gasteiger partial charge on any atom is -0.461 e. The molecule has 0 saturated heterocycles. The molecule has 4 aromatic carbocycles. The van der Waals surface area contributed by atoms with Crippen LogP contribution in [0, 0.1) is 12.8 Å². The standard InChI is InChI=1S/C35H37O6P/c1-28-17-19-32(20-18-28)26-42(38,41-25-31-15-9-4-10-16-31)27-33(35(37)40-24-30-13-7-3-8-14-30)21-22-34(36)39-23-29-11-5-2-6-12-29/h2-20,33H,21-27H2,1H3. The van der Waals surface area contributed by atoms with Crippen LogP contribution in [-0.4, -0.2) is 18.1 Å². The summed E-state index contributed by atoms with van der Waals surface area (Å²) in [5.74, 6) is -1.76. The number of ether oxygens (including phenoxy) is 2. The monoisotopic (exact) mass is 584 g/mol. The molecule has 0 bridgehead atoms. The van der Waals surface area contributed by atoms with E-state index in [9.17, 15) is 14.2 Å². The minimum atomic E-state index is -3.40. The molecule has 0 heterocycles. The Bertz CT molecular complexity index is 1440. The zero-order valence-electron chi connectivity index (χ0n) is 23.9. The highest BCUT2D eigenvalue weighted by Gasteiger charge is 2.33. The van der Waals surface area contributed by atoms with E-state index in [0.717, 1.165) is 27.8 Å². The van der Waals surface area contributed by atoms with Gasteiger partial charge in [0.1, 0.15) is 13.2 Å². The predicted octanol–water partition coefficient (Wildman–Crippen LogP) is 7.87. The lowest BCUT2D eigenvalue weighted by atomic mass is 10.1. The van der Waals surface area contributed by atoms with E-state index in [1.54, 1.807) is 0 Å². The van der Waals surface area contributed by atoms with Crippen molar-refractivity contribution in [3.05, 3.63) is 143 Å². The summed E-state index contributed by atoms with van der Waals surface area (Å²) in [6.07, 6.45) is 0.239. The smallest absolute Gasteiger partial charge is 0.309 e. The van der Waals surface area contributed by atoms with E-state index >= 15 is 0 Å². The fraction of sp³-hybridized carbons (Fsp3) is 0.257. The van der Waals surface area contributed by atoms with Crippen LogP contribution in [0.5, 0.6) is 0 Å². The Kier molecular flexibility index (Phi) is 11.7. The van der Waals surface area contributed by atoms with E-state index < -0.39 is 25.2 Å². The van der Waals surface area contributed by atoms with Gasteiger partial charge in [-0.1, -0.05) is 121 Å². The second-order valence-corrected chi connectivity index (χ2v) is 12.9. The van der Waals surface area contributed by atoms with Crippen molar-refractivity contribution in [3.8, 4) is 0 Å². The largest absolute Gasteiger partial charge is 0.461 e. The van der Waals surface area contributed by atoms with E-state index in [1.807, 2.05) is 122 Å². The van der Waals surface area contributed by atoms with Crippen LogP contribution in [0.1, 0.15) is 40.7 Å². The van der Waals surface area contributed by atoms with Crippen LogP contribution in [0.3, 0.4) is 0 Å². The first kappa shape index (κ1) is 31.0. The molecule has 7 heteroatoms. The third-order valence-corrected chi connectivity index (χ3v) is 9.29. The van der Waals surface area contributed by atoms with Gasteiger partial charge in [0.15, 0.2) is 0 Å². The average Bonchev–Trinajstić information content (AvgIpc) is 3.02. The van der Waals surface area contributed by atoms with Crippen molar-refractivity contribution in [2.45, 2.75) is 45.7 Å². The Morgan fingerprint density at radius 2 is 1.14 bits per heavy atom. The summed E-state index contributed by atoms with van der Waals surface area (Å²) in [7, 11) is -3.40. The molecular weight excluding hydrogens is 547 g/mol. The zero-order valence-corrected chi connectivity index (χ0v) is 24.8. The summed E-state index contributed by atoms with van der Waals surface area (Å²) in [5.41, 5.74) is 4.55. The maximum Gasteiger partial charge on any atom is 0.309 e. The van der Waals surface area contributed by atoms with Crippen LogP contribution in [0.4, 0.5) is 0 Å². The molecule has 4 aromatic rings. The summed E-state index contributed by atoms with van der Waals surface area (Å²) in [5, 5.41) is 0. The van der Waals surface area contributed by atoms with Crippen molar-refractivity contribution < 1.29 is 28.2 Å². The molecule has 0 aliphatic rings. The van der Waals surface area contributed by atoms with Gasteiger partial charge in [-0.05, 0) is 35.6 Å². The molecule has 0 aromatic heterocycles. The quantitative estimate of drug-likeness (QED) is 0.105. The number of hydrogen-bond acceptors (Lipinski definition) is 6. The maximum absolute atomic E-state index is 14.4. The van der Waals surface area contributed by atoms with Crippen LogP contribution in [0.25, 0.3) is 0 Å². The molecule has 0 spiro atoms. The Balaban J connectivity index is 1.49. The fourth-order valence-electron chi connectivity index (χ4n) is 4.47. The van der Waals surface area contributed by atoms with Gasteiger partial charge in [-0.2, -0.15) is 0 Å². The molecule has 2 unspecified atom stereocenters. The van der Waals surface area contributed by atoms with Crippen LogP contribution >= 0.6 is 7.37 Å². The van der Waals surface area contributed by atoms with Crippen molar-refractivity contribution >= 4 is 19.3 Å². The summed E-state index contributed by atoms with van der Waals surface area (Å²) in [4.78, 5) is 26.1. The highest BCUT2D eigenvalue weighted by Crippen LogP contribution is 2.53. The van der Waals surface area contributed by atoms with Gasteiger partial charge in [-0.3, -0.25) is 14.2 Å². The molecule has 6 nitrogen and oxygen atoms in total. The summed E-state index contributed by atoms with van der Waals surface area (Å²) < 4.78 is 31.7. The second-order valence-electron chi connectivity index (χ2n) is 10.4. The molecule has 218 valence electrons. The third kappa shape index (κ3) is 10.4. The number of carbonyl (C=O) groups excluding carboxylic acids is 2. The SMILES string of the molecule is Cc1ccc(CP(=O)(CC(CCC(=O)OCc2ccccc2)C(=O)OCc2ccccc2)OCc2ccccc2)cc1. The van der Waals surface area contributed by atoms with Gasteiger partial charge in [-0.15, -0.1) is 0 Å². The molecule has 0 N–H and O–H groups in total. The van der Waals surface area contributed by atoms with Gasteiger partial charge < -0.3 is 14.0 Å². The van der Waals surface area contributed by atoms with Crippen LogP contribution in [0.15, 0.2) is 115 Å². The first-order valence-electron chi connectivity index (χ1n) is 14.1. The lowest BCUT2D eigenvalue weighted by molar-refractivity contribution is -0.150. The fourth-order valence-corrected chi connectivity index (χ4v) is 6.95. The summed E-state index contributed by atoms with van der Waals surface area (Å²) >= 11 is 0. The molecule has 0 saturated carbocycles. The van der Waals surface area contributed by atoms with Crippen LogP contribution in [0.2, 0.25) is 0 Å². The molecule has 4 rings (SSSR count). The Hall–Kier alpha value is -3.99. The van der Waals surface area contributed by atoms with E-state index in [1.165, 1.54) is 0 Å². The van der Waals surface area contributed by atoms with Crippen LogP contribution < -0.4 is 0 Å². The zero-order chi connectivity index (χ0) is 29.6. The van der Waals surface area contributed by atoms with E-state index in [4.69, 9.17) is 14.0 Å². The van der Waals surface area contributed by atoms with Crippen molar-refractivity contribution in [1.82, 2.24) is 0 Å². The van der Waals surface area contributed by atoms with E-state index in [2.05, 4.69) is 0 Å². The van der Waals surface area contributed by atoms with Gasteiger partial charge in [0.05, 0.1) is 12.5 Å². The lowest BCUT2D eigenvalue weighted by Gasteiger charge is -2.24. The molecule has 0 amide bonds. The highest BCUT2D eigenvalue weighted by atomic mass is 31.2. The summed E-state index contributed by atoms with van der Waals surface area (Å²) in [6, 6.07) is 36.1. The first-order chi connectivity index (χ1) is 20.4. The number of carbonyl (C=O) groups is 2. The number of rotatable bonds is 15. The Morgan fingerprint density at radius 3 is 1.69 bits per heavy atom. The van der Waals surface area contributed by atoms with Gasteiger partial charge in [0.25, 0.3) is 0 Å².